The summed E-state index contributed by atoms with van der Waals surface area (Å²) in [7, 11) is -4.33. The first-order valence-corrected chi connectivity index (χ1v) is 8.96. The summed E-state index contributed by atoms with van der Waals surface area (Å²) in [6, 6.07) is 5.99. The lowest BCUT2D eigenvalue weighted by molar-refractivity contribution is -0.137. The molecule has 0 saturated heterocycles. The van der Waals surface area contributed by atoms with E-state index in [-0.39, 0.29) is 11.5 Å². The van der Waals surface area contributed by atoms with E-state index < -0.39 is 44.8 Å². The summed E-state index contributed by atoms with van der Waals surface area (Å²) in [5.41, 5.74) is -1.10. The van der Waals surface area contributed by atoms with E-state index in [0.29, 0.717) is 6.07 Å². The molecule has 13 heteroatoms. The predicted molar refractivity (Wildman–Crippen MR) is 84.5 cm³/mol. The fourth-order valence-corrected chi connectivity index (χ4v) is 3.24. The van der Waals surface area contributed by atoms with Crippen LogP contribution in [-0.2, 0) is 22.7 Å². The molecule has 1 heterocycles. The molecule has 0 aliphatic rings. The molecule has 0 aliphatic carbocycles. The van der Waals surface area contributed by atoms with E-state index >= 15 is 0 Å². The highest BCUT2D eigenvalue weighted by Gasteiger charge is 2.31. The summed E-state index contributed by atoms with van der Waals surface area (Å²) >= 11 is 0. The Labute approximate surface area is 154 Å². The number of hydrogen-bond donors (Lipinski definition) is 1. The number of alkyl halides is 3. The van der Waals surface area contributed by atoms with Crippen LogP contribution in [0.5, 0.6) is 0 Å². The van der Waals surface area contributed by atoms with Gasteiger partial charge in [0.2, 0.25) is 10.0 Å². The molecule has 1 N–H and O–H groups in total. The third kappa shape index (κ3) is 4.14. The maximum Gasteiger partial charge on any atom is 0.416 e. The summed E-state index contributed by atoms with van der Waals surface area (Å²) < 4.78 is 92.3. The smallest absolute Gasteiger partial charge is 0.207 e. The van der Waals surface area contributed by atoms with Gasteiger partial charge in [-0.1, -0.05) is 6.07 Å². The molecule has 0 radical (unpaired) electrons. The zero-order chi connectivity index (χ0) is 20.5. The summed E-state index contributed by atoms with van der Waals surface area (Å²) in [4.78, 5) is -0.603. The van der Waals surface area contributed by atoms with Gasteiger partial charge in [0.1, 0.15) is 0 Å². The van der Waals surface area contributed by atoms with Crippen LogP contribution < -0.4 is 4.72 Å². The topological polar surface area (TPSA) is 89.8 Å². The third-order valence-corrected chi connectivity index (χ3v) is 4.97. The number of rotatable bonds is 5. The van der Waals surface area contributed by atoms with Gasteiger partial charge in [0.05, 0.1) is 22.7 Å². The molecular formula is C15H10F5N5O2S. The Bertz CT molecular complexity index is 1110. The van der Waals surface area contributed by atoms with Crippen molar-refractivity contribution in [1.82, 2.24) is 24.9 Å². The number of nitrogens with zero attached hydrogens (tertiary/aromatic N) is 4. The second-order valence-corrected chi connectivity index (χ2v) is 7.22. The lowest BCUT2D eigenvalue weighted by Crippen LogP contribution is -2.25. The SMILES string of the molecule is O=S(=O)(NCc1nnnn1-c1ccc(F)c(F)c1)c1cccc(C(F)(F)F)c1. The van der Waals surface area contributed by atoms with Crippen molar-refractivity contribution in [3.63, 3.8) is 0 Å². The fourth-order valence-electron chi connectivity index (χ4n) is 2.22. The van der Waals surface area contributed by atoms with Gasteiger partial charge in [-0.2, -0.15) is 17.9 Å². The van der Waals surface area contributed by atoms with Crippen molar-refractivity contribution in [2.24, 2.45) is 0 Å². The molecule has 0 atom stereocenters. The normalized spacial score (nSPS) is 12.3. The van der Waals surface area contributed by atoms with Gasteiger partial charge in [-0.15, -0.1) is 5.10 Å². The molecule has 148 valence electrons. The number of sulfonamides is 1. The van der Waals surface area contributed by atoms with E-state index in [4.69, 9.17) is 0 Å². The summed E-state index contributed by atoms with van der Waals surface area (Å²) in [6.07, 6.45) is -4.71. The highest BCUT2D eigenvalue weighted by Crippen LogP contribution is 2.30. The molecule has 0 aliphatic heterocycles. The Morgan fingerprint density at radius 1 is 1.04 bits per heavy atom. The third-order valence-electron chi connectivity index (χ3n) is 3.57. The van der Waals surface area contributed by atoms with Gasteiger partial charge in [0, 0.05) is 6.07 Å². The zero-order valence-corrected chi connectivity index (χ0v) is 14.5. The Morgan fingerprint density at radius 3 is 2.46 bits per heavy atom. The molecule has 0 bridgehead atoms. The summed E-state index contributed by atoms with van der Waals surface area (Å²) in [5.74, 6) is -2.35. The molecule has 3 rings (SSSR count). The summed E-state index contributed by atoms with van der Waals surface area (Å²) in [5, 5.41) is 10.5. The Kier molecular flexibility index (Phi) is 5.12. The van der Waals surface area contributed by atoms with Crippen LogP contribution in [0.4, 0.5) is 22.0 Å². The van der Waals surface area contributed by atoms with Gasteiger partial charge in [0.25, 0.3) is 0 Å². The van der Waals surface area contributed by atoms with Gasteiger partial charge in [-0.05, 0) is 40.8 Å². The average molecular weight is 419 g/mol. The van der Waals surface area contributed by atoms with Gasteiger partial charge in [-0.3, -0.25) is 0 Å². The molecule has 28 heavy (non-hydrogen) atoms. The van der Waals surface area contributed by atoms with Crippen molar-refractivity contribution in [1.29, 1.82) is 0 Å². The van der Waals surface area contributed by atoms with E-state index in [1.54, 1.807) is 0 Å². The lowest BCUT2D eigenvalue weighted by Gasteiger charge is -2.10. The van der Waals surface area contributed by atoms with Crippen LogP contribution in [0.25, 0.3) is 5.69 Å². The van der Waals surface area contributed by atoms with Crippen LogP contribution in [0, 0.1) is 11.6 Å². The monoisotopic (exact) mass is 419 g/mol. The van der Waals surface area contributed by atoms with E-state index in [2.05, 4.69) is 20.2 Å². The lowest BCUT2D eigenvalue weighted by atomic mass is 10.2. The number of nitrogens with one attached hydrogen (secondary N) is 1. The molecule has 7 nitrogen and oxygen atoms in total. The van der Waals surface area contributed by atoms with E-state index in [1.807, 2.05) is 0 Å². The maximum absolute atomic E-state index is 13.4. The first-order chi connectivity index (χ1) is 13.1. The molecule has 0 saturated carbocycles. The van der Waals surface area contributed by atoms with Crippen molar-refractivity contribution >= 4 is 10.0 Å². The molecule has 2 aromatic carbocycles. The van der Waals surface area contributed by atoms with E-state index in [1.165, 1.54) is 6.07 Å². The number of aromatic nitrogens is 4. The Morgan fingerprint density at radius 2 is 1.79 bits per heavy atom. The standard InChI is InChI=1S/C15H10F5N5O2S/c16-12-5-4-10(7-13(12)17)25-14(22-23-24-25)8-21-28(26,27)11-3-1-2-9(6-11)15(18,19)20/h1-7,21H,8H2. The second-order valence-electron chi connectivity index (χ2n) is 5.46. The quantitative estimate of drug-likeness (QED) is 0.642. The zero-order valence-electron chi connectivity index (χ0n) is 13.7. The predicted octanol–water partition coefficient (Wildman–Crippen LogP) is 2.44. The van der Waals surface area contributed by atoms with Crippen molar-refractivity contribution in [2.45, 2.75) is 17.6 Å². The second kappa shape index (κ2) is 7.24. The summed E-state index contributed by atoms with van der Waals surface area (Å²) in [6.45, 7) is -0.509. The van der Waals surface area contributed by atoms with Crippen LogP contribution in [0.15, 0.2) is 47.4 Å². The first-order valence-electron chi connectivity index (χ1n) is 7.47. The molecule has 1 aromatic heterocycles. The minimum atomic E-state index is -4.71. The number of halogens is 5. The van der Waals surface area contributed by atoms with Crippen LogP contribution in [-0.4, -0.2) is 28.6 Å². The largest absolute Gasteiger partial charge is 0.416 e. The van der Waals surface area contributed by atoms with E-state index in [0.717, 1.165) is 35.0 Å². The van der Waals surface area contributed by atoms with Crippen LogP contribution in [0.1, 0.15) is 11.4 Å². The Hall–Kier alpha value is -2.93. The molecule has 3 aromatic rings. The number of tetrazole rings is 1. The first kappa shape index (κ1) is 19.8. The minimum Gasteiger partial charge on any atom is -0.207 e. The molecule has 0 spiro atoms. The van der Waals surface area contributed by atoms with Crippen molar-refractivity contribution in [2.75, 3.05) is 0 Å². The van der Waals surface area contributed by atoms with E-state index in [9.17, 15) is 30.4 Å². The fraction of sp³-hybridized carbons (Fsp3) is 0.133. The van der Waals surface area contributed by atoms with Crippen LogP contribution >= 0.6 is 0 Å². The molecular weight excluding hydrogens is 409 g/mol. The molecule has 0 fully saturated rings. The van der Waals surface area contributed by atoms with Crippen molar-refractivity contribution in [3.8, 4) is 5.69 Å². The highest BCUT2D eigenvalue weighted by atomic mass is 32.2. The average Bonchev–Trinajstić information content (AvgIpc) is 3.10. The van der Waals surface area contributed by atoms with Gasteiger partial charge in [-0.25, -0.2) is 21.9 Å². The molecule has 0 unspecified atom stereocenters. The minimum absolute atomic E-state index is 0.0252. The van der Waals surface area contributed by atoms with Gasteiger partial charge in [0.15, 0.2) is 17.5 Å². The van der Waals surface area contributed by atoms with Crippen LogP contribution in [0.2, 0.25) is 0 Å². The maximum atomic E-state index is 13.4. The molecule has 0 amide bonds. The van der Waals surface area contributed by atoms with Crippen LogP contribution in [0.3, 0.4) is 0 Å². The number of benzene rings is 2. The van der Waals surface area contributed by atoms with Crippen molar-refractivity contribution < 1.29 is 30.4 Å². The van der Waals surface area contributed by atoms with Gasteiger partial charge < -0.3 is 0 Å². The number of hydrogen-bond acceptors (Lipinski definition) is 5. The Balaban J connectivity index is 1.83. The van der Waals surface area contributed by atoms with Gasteiger partial charge >= 0.3 is 6.18 Å². The highest BCUT2D eigenvalue weighted by molar-refractivity contribution is 7.89. The van der Waals surface area contributed by atoms with Crippen molar-refractivity contribution in [3.05, 3.63) is 65.5 Å².